The molecular weight excluding hydrogens is 312 g/mol. The molecule has 0 aliphatic heterocycles. The number of unbranched alkanes of at least 4 members (excludes halogenated alkanes) is 4. The number of benzene rings is 1. The Bertz CT molecular complexity index is 535. The number of hydrogen-bond acceptors (Lipinski definition) is 0. The van der Waals surface area contributed by atoms with Crippen molar-refractivity contribution in [3.8, 4) is 0 Å². The van der Waals surface area contributed by atoms with Crippen molar-refractivity contribution in [2.24, 2.45) is 5.92 Å². The molecule has 0 bridgehead atoms. The van der Waals surface area contributed by atoms with Crippen molar-refractivity contribution in [2.75, 3.05) is 0 Å². The third kappa shape index (κ3) is 4.93. The molecule has 2 aliphatic carbocycles. The van der Waals surface area contributed by atoms with Crippen LogP contribution in [0.1, 0.15) is 120 Å². The van der Waals surface area contributed by atoms with Crippen LogP contribution >= 0.6 is 0 Å². The van der Waals surface area contributed by atoms with Crippen molar-refractivity contribution in [1.29, 1.82) is 0 Å². The highest BCUT2D eigenvalue weighted by molar-refractivity contribution is 5.38. The maximum atomic E-state index is 2.66. The molecule has 1 saturated carbocycles. The molecule has 0 amide bonds. The molecule has 1 fully saturated rings. The molecular formula is C26H42. The van der Waals surface area contributed by atoms with E-state index in [1.54, 1.807) is 16.7 Å². The fourth-order valence-electron chi connectivity index (χ4n) is 5.70. The van der Waals surface area contributed by atoms with Gasteiger partial charge in [0.2, 0.25) is 0 Å². The van der Waals surface area contributed by atoms with Gasteiger partial charge in [-0.15, -0.1) is 0 Å². The summed E-state index contributed by atoms with van der Waals surface area (Å²) in [5.74, 6) is 0.950. The van der Waals surface area contributed by atoms with E-state index in [1.807, 2.05) is 0 Å². The van der Waals surface area contributed by atoms with Crippen LogP contribution in [0.4, 0.5) is 0 Å². The molecule has 26 heavy (non-hydrogen) atoms. The van der Waals surface area contributed by atoms with Gasteiger partial charge < -0.3 is 0 Å². The summed E-state index contributed by atoms with van der Waals surface area (Å²) in [6, 6.07) is 7.74. The van der Waals surface area contributed by atoms with Crippen molar-refractivity contribution in [3.05, 3.63) is 34.9 Å². The molecule has 1 atom stereocenters. The van der Waals surface area contributed by atoms with Crippen molar-refractivity contribution in [3.63, 3.8) is 0 Å². The van der Waals surface area contributed by atoms with Crippen molar-refractivity contribution in [2.45, 2.75) is 122 Å². The van der Waals surface area contributed by atoms with E-state index in [-0.39, 0.29) is 0 Å². The highest BCUT2D eigenvalue weighted by Gasteiger charge is 2.34. The van der Waals surface area contributed by atoms with Gasteiger partial charge in [-0.05, 0) is 66.5 Å². The Kier molecular flexibility index (Phi) is 7.64. The van der Waals surface area contributed by atoms with Gasteiger partial charge in [-0.2, -0.15) is 0 Å². The second kappa shape index (κ2) is 9.95. The van der Waals surface area contributed by atoms with Gasteiger partial charge in [-0.25, -0.2) is 0 Å². The van der Waals surface area contributed by atoms with Gasteiger partial charge in [0.05, 0.1) is 0 Å². The average Bonchev–Trinajstić information content (AvgIpc) is 2.70. The van der Waals surface area contributed by atoms with Crippen LogP contribution in [0.25, 0.3) is 0 Å². The summed E-state index contributed by atoms with van der Waals surface area (Å²) in [5.41, 5.74) is 5.60. The zero-order valence-electron chi connectivity index (χ0n) is 17.6. The first-order chi connectivity index (χ1) is 12.8. The van der Waals surface area contributed by atoms with Gasteiger partial charge in [-0.1, -0.05) is 96.3 Å². The van der Waals surface area contributed by atoms with Gasteiger partial charge in [-0.3, -0.25) is 0 Å². The third-order valence-electron chi connectivity index (χ3n) is 7.43. The highest BCUT2D eigenvalue weighted by atomic mass is 14.4. The minimum absolute atomic E-state index is 0.514. The molecule has 0 aromatic heterocycles. The van der Waals surface area contributed by atoms with Crippen LogP contribution in [-0.2, 0) is 18.3 Å². The normalized spacial score (nSPS) is 22.2. The number of fused-ring (bicyclic) bond motifs is 1. The van der Waals surface area contributed by atoms with Gasteiger partial charge in [0, 0.05) is 0 Å². The van der Waals surface area contributed by atoms with Crippen LogP contribution in [-0.4, -0.2) is 0 Å². The summed E-state index contributed by atoms with van der Waals surface area (Å²) in [4.78, 5) is 0. The summed E-state index contributed by atoms with van der Waals surface area (Å²) in [6.07, 6.45) is 22.6. The fourth-order valence-corrected chi connectivity index (χ4v) is 5.70. The van der Waals surface area contributed by atoms with E-state index in [0.717, 1.165) is 5.92 Å². The van der Waals surface area contributed by atoms with Crippen LogP contribution in [0.3, 0.4) is 0 Å². The van der Waals surface area contributed by atoms with E-state index in [1.165, 1.54) is 103 Å². The third-order valence-corrected chi connectivity index (χ3v) is 7.43. The van der Waals surface area contributed by atoms with Crippen LogP contribution in [0, 0.1) is 5.92 Å². The van der Waals surface area contributed by atoms with E-state index in [0.29, 0.717) is 5.41 Å². The fraction of sp³-hybridized carbons (Fsp3) is 0.769. The molecule has 0 radical (unpaired) electrons. The van der Waals surface area contributed by atoms with E-state index >= 15 is 0 Å². The van der Waals surface area contributed by atoms with Crippen molar-refractivity contribution >= 4 is 0 Å². The molecule has 1 aromatic rings. The molecule has 1 unspecified atom stereocenters. The molecule has 1 aromatic carbocycles. The van der Waals surface area contributed by atoms with Crippen LogP contribution in [0.15, 0.2) is 18.2 Å². The topological polar surface area (TPSA) is 0 Å². The lowest BCUT2D eigenvalue weighted by molar-refractivity contribution is 0.265. The number of rotatable bonds is 9. The van der Waals surface area contributed by atoms with Gasteiger partial charge in [0.1, 0.15) is 0 Å². The Morgan fingerprint density at radius 3 is 2.46 bits per heavy atom. The lowest BCUT2D eigenvalue weighted by atomic mass is 9.65. The second-order valence-electron chi connectivity index (χ2n) is 9.39. The molecule has 2 aliphatic rings. The largest absolute Gasteiger partial charge is 0.0654 e. The van der Waals surface area contributed by atoms with Crippen molar-refractivity contribution < 1.29 is 0 Å². The summed E-state index contributed by atoms with van der Waals surface area (Å²) in [7, 11) is 0. The SMILES string of the molecule is CCCCCCC1(c2ccc3c(c2)CCC(CCCC)C3)CCCCC1. The predicted octanol–water partition coefficient (Wildman–Crippen LogP) is 8.15. The van der Waals surface area contributed by atoms with E-state index in [9.17, 15) is 0 Å². The van der Waals surface area contributed by atoms with E-state index in [2.05, 4.69) is 32.0 Å². The summed E-state index contributed by atoms with van der Waals surface area (Å²) < 4.78 is 0. The molecule has 0 saturated heterocycles. The first kappa shape index (κ1) is 20.0. The first-order valence-electron chi connectivity index (χ1n) is 11.9. The molecule has 3 rings (SSSR count). The van der Waals surface area contributed by atoms with Gasteiger partial charge in [0.25, 0.3) is 0 Å². The monoisotopic (exact) mass is 354 g/mol. The van der Waals surface area contributed by atoms with Crippen LogP contribution in [0.2, 0.25) is 0 Å². The second-order valence-corrected chi connectivity index (χ2v) is 9.39. The average molecular weight is 355 g/mol. The first-order valence-corrected chi connectivity index (χ1v) is 11.9. The van der Waals surface area contributed by atoms with Gasteiger partial charge >= 0.3 is 0 Å². The quantitative estimate of drug-likeness (QED) is 0.392. The lowest BCUT2D eigenvalue weighted by Crippen LogP contribution is -2.29. The smallest absolute Gasteiger partial charge is 0.00469 e. The molecule has 0 heterocycles. The molecule has 0 spiro atoms. The minimum Gasteiger partial charge on any atom is -0.0654 e. The Hall–Kier alpha value is -0.780. The molecule has 0 nitrogen and oxygen atoms in total. The standard InChI is InChI=1S/C26H42/c1-3-5-7-9-17-26(18-10-8-11-19-26)25-16-15-23-20-22(12-6-4-2)13-14-24(23)21-25/h15-16,21-22H,3-14,17-20H2,1-2H3. The van der Waals surface area contributed by atoms with Crippen molar-refractivity contribution in [1.82, 2.24) is 0 Å². The highest BCUT2D eigenvalue weighted by Crippen LogP contribution is 2.44. The van der Waals surface area contributed by atoms with Gasteiger partial charge in [0.15, 0.2) is 0 Å². The lowest BCUT2D eigenvalue weighted by Gasteiger charge is -2.39. The minimum atomic E-state index is 0.514. The summed E-state index contributed by atoms with van der Waals surface area (Å²) in [5, 5.41) is 0. The van der Waals surface area contributed by atoms with E-state index < -0.39 is 0 Å². The molecule has 0 heteroatoms. The number of aryl methyl sites for hydroxylation is 1. The maximum absolute atomic E-state index is 2.66. The van der Waals surface area contributed by atoms with Crippen LogP contribution in [0.5, 0.6) is 0 Å². The predicted molar refractivity (Wildman–Crippen MR) is 115 cm³/mol. The Morgan fingerprint density at radius 1 is 0.885 bits per heavy atom. The summed E-state index contributed by atoms with van der Waals surface area (Å²) >= 11 is 0. The van der Waals surface area contributed by atoms with Crippen LogP contribution < -0.4 is 0 Å². The number of hydrogen-bond donors (Lipinski definition) is 0. The summed E-state index contributed by atoms with van der Waals surface area (Å²) in [6.45, 7) is 4.65. The zero-order valence-corrected chi connectivity index (χ0v) is 17.6. The maximum Gasteiger partial charge on any atom is -0.00469 e. The van der Waals surface area contributed by atoms with E-state index in [4.69, 9.17) is 0 Å². The molecule has 0 N–H and O–H groups in total. The Balaban J connectivity index is 1.72. The Morgan fingerprint density at radius 2 is 1.69 bits per heavy atom. The molecule has 146 valence electrons. The zero-order chi connectivity index (χ0) is 18.2. The Labute approximate surface area is 163 Å².